The number of urea groups is 1. The highest BCUT2D eigenvalue weighted by Gasteiger charge is 2.12. The number of nitrogens with one attached hydrogen (secondary N) is 2. The zero-order chi connectivity index (χ0) is 16.4. The summed E-state index contributed by atoms with van der Waals surface area (Å²) < 4.78 is 5.36. The molecular formula is C17H28N2O3. The van der Waals surface area contributed by atoms with Gasteiger partial charge in [-0.1, -0.05) is 13.8 Å². The number of aliphatic hydroxyl groups is 1. The van der Waals surface area contributed by atoms with Gasteiger partial charge in [-0.05, 0) is 55.9 Å². The fourth-order valence-electron chi connectivity index (χ4n) is 2.37. The van der Waals surface area contributed by atoms with Gasteiger partial charge in [0.25, 0.3) is 0 Å². The van der Waals surface area contributed by atoms with Gasteiger partial charge >= 0.3 is 6.03 Å². The van der Waals surface area contributed by atoms with Crippen molar-refractivity contribution in [2.24, 2.45) is 11.8 Å². The molecule has 22 heavy (non-hydrogen) atoms. The third-order valence-corrected chi connectivity index (χ3v) is 3.32. The van der Waals surface area contributed by atoms with Crippen LogP contribution in [-0.4, -0.2) is 30.9 Å². The van der Waals surface area contributed by atoms with E-state index in [1.165, 1.54) is 0 Å². The average Bonchev–Trinajstić information content (AvgIpc) is 2.47. The van der Waals surface area contributed by atoms with Gasteiger partial charge in [-0.25, -0.2) is 4.79 Å². The van der Waals surface area contributed by atoms with Crippen LogP contribution in [0.25, 0.3) is 0 Å². The third kappa shape index (κ3) is 7.31. The van der Waals surface area contributed by atoms with Gasteiger partial charge in [0.15, 0.2) is 0 Å². The lowest BCUT2D eigenvalue weighted by molar-refractivity contribution is 0.231. The van der Waals surface area contributed by atoms with Gasteiger partial charge in [0.1, 0.15) is 5.75 Å². The molecule has 0 heterocycles. The van der Waals surface area contributed by atoms with Crippen LogP contribution >= 0.6 is 0 Å². The topological polar surface area (TPSA) is 70.6 Å². The summed E-state index contributed by atoms with van der Waals surface area (Å²) in [5.41, 5.74) is 0.725. The minimum Gasteiger partial charge on any atom is -0.494 e. The molecule has 1 unspecified atom stereocenters. The molecule has 0 bridgehead atoms. The van der Waals surface area contributed by atoms with Crippen molar-refractivity contribution in [3.63, 3.8) is 0 Å². The third-order valence-electron chi connectivity index (χ3n) is 3.32. The highest BCUT2D eigenvalue weighted by molar-refractivity contribution is 5.89. The molecule has 0 fully saturated rings. The number of anilines is 1. The molecule has 5 heteroatoms. The maximum absolute atomic E-state index is 11.9. The van der Waals surface area contributed by atoms with Gasteiger partial charge in [0, 0.05) is 18.8 Å². The summed E-state index contributed by atoms with van der Waals surface area (Å²) in [4.78, 5) is 11.9. The van der Waals surface area contributed by atoms with Gasteiger partial charge in [-0.15, -0.1) is 0 Å². The van der Waals surface area contributed by atoms with Gasteiger partial charge in [0.2, 0.25) is 0 Å². The lowest BCUT2D eigenvalue weighted by atomic mass is 9.94. The van der Waals surface area contributed by atoms with Gasteiger partial charge in [-0.2, -0.15) is 0 Å². The molecule has 124 valence electrons. The van der Waals surface area contributed by atoms with E-state index >= 15 is 0 Å². The Kier molecular flexibility index (Phi) is 8.36. The highest BCUT2D eigenvalue weighted by Crippen LogP contribution is 2.16. The maximum Gasteiger partial charge on any atom is 0.319 e. The van der Waals surface area contributed by atoms with Crippen LogP contribution in [0, 0.1) is 11.8 Å². The first-order valence-corrected chi connectivity index (χ1v) is 7.93. The molecule has 0 saturated carbocycles. The van der Waals surface area contributed by atoms with Crippen LogP contribution in [0.2, 0.25) is 0 Å². The summed E-state index contributed by atoms with van der Waals surface area (Å²) in [6.45, 7) is 7.56. The van der Waals surface area contributed by atoms with E-state index in [0.717, 1.165) is 17.9 Å². The largest absolute Gasteiger partial charge is 0.494 e. The summed E-state index contributed by atoms with van der Waals surface area (Å²) in [5, 5.41) is 14.7. The molecule has 1 rings (SSSR count). The number of carbonyl (C=O) groups is 1. The molecule has 1 aromatic carbocycles. The Labute approximate surface area is 133 Å². The molecule has 5 nitrogen and oxygen atoms in total. The number of hydrogen-bond acceptors (Lipinski definition) is 3. The summed E-state index contributed by atoms with van der Waals surface area (Å²) in [6.07, 6.45) is 1.70. The van der Waals surface area contributed by atoms with Crippen molar-refractivity contribution < 1.29 is 14.6 Å². The van der Waals surface area contributed by atoms with Crippen LogP contribution in [0.15, 0.2) is 24.3 Å². The Morgan fingerprint density at radius 2 is 1.95 bits per heavy atom. The number of rotatable bonds is 9. The van der Waals surface area contributed by atoms with E-state index in [4.69, 9.17) is 9.84 Å². The van der Waals surface area contributed by atoms with E-state index in [0.29, 0.717) is 31.4 Å². The maximum atomic E-state index is 11.9. The molecule has 0 aliphatic carbocycles. The van der Waals surface area contributed by atoms with Crippen LogP contribution in [0.1, 0.15) is 33.6 Å². The standard InChI is InChI=1S/C17H28N2O3/c1-4-22-16-7-5-15(6-8-16)19-17(21)18-12-14(9-10-20)11-13(2)3/h5-8,13-14,20H,4,9-12H2,1-3H3,(H2,18,19,21). The zero-order valence-electron chi connectivity index (χ0n) is 13.8. The Balaban J connectivity index is 2.40. The first kappa shape index (κ1) is 18.3. The van der Waals surface area contributed by atoms with Crippen molar-refractivity contribution in [2.75, 3.05) is 25.1 Å². The van der Waals surface area contributed by atoms with Crippen LogP contribution < -0.4 is 15.4 Å². The predicted molar refractivity (Wildman–Crippen MR) is 89.3 cm³/mol. The van der Waals surface area contributed by atoms with Crippen molar-refractivity contribution in [1.82, 2.24) is 5.32 Å². The fourth-order valence-corrected chi connectivity index (χ4v) is 2.37. The van der Waals surface area contributed by atoms with Crippen LogP contribution in [-0.2, 0) is 0 Å². The van der Waals surface area contributed by atoms with E-state index < -0.39 is 0 Å². The average molecular weight is 308 g/mol. The Hall–Kier alpha value is -1.75. The van der Waals surface area contributed by atoms with Gasteiger partial charge < -0.3 is 20.5 Å². The number of carbonyl (C=O) groups excluding carboxylic acids is 1. The summed E-state index contributed by atoms with van der Waals surface area (Å²) in [5.74, 6) is 1.64. The number of ether oxygens (including phenoxy) is 1. The second-order valence-electron chi connectivity index (χ2n) is 5.80. The van der Waals surface area contributed by atoms with E-state index in [1.807, 2.05) is 31.2 Å². The zero-order valence-corrected chi connectivity index (χ0v) is 13.8. The second kappa shape index (κ2) is 10.1. The summed E-state index contributed by atoms with van der Waals surface area (Å²) >= 11 is 0. The quantitative estimate of drug-likeness (QED) is 0.656. The van der Waals surface area contributed by atoms with E-state index in [-0.39, 0.29) is 12.6 Å². The summed E-state index contributed by atoms with van der Waals surface area (Å²) in [6, 6.07) is 7.04. The number of aliphatic hydroxyl groups excluding tert-OH is 1. The SMILES string of the molecule is CCOc1ccc(NC(=O)NCC(CCO)CC(C)C)cc1. The molecule has 3 N–H and O–H groups in total. The van der Waals surface area contributed by atoms with E-state index in [9.17, 15) is 4.79 Å². The van der Waals surface area contributed by atoms with Gasteiger partial charge in [-0.3, -0.25) is 0 Å². The highest BCUT2D eigenvalue weighted by atomic mass is 16.5. The minimum atomic E-state index is -0.226. The molecule has 0 aliphatic heterocycles. The van der Waals surface area contributed by atoms with E-state index in [2.05, 4.69) is 24.5 Å². The first-order valence-electron chi connectivity index (χ1n) is 7.93. The van der Waals surface area contributed by atoms with Crippen molar-refractivity contribution in [3.05, 3.63) is 24.3 Å². The van der Waals surface area contributed by atoms with Crippen LogP contribution in [0.4, 0.5) is 10.5 Å². The lowest BCUT2D eigenvalue weighted by Crippen LogP contribution is -2.33. The molecular weight excluding hydrogens is 280 g/mol. The molecule has 1 aromatic rings. The van der Waals surface area contributed by atoms with Crippen molar-refractivity contribution in [2.45, 2.75) is 33.6 Å². The van der Waals surface area contributed by atoms with Crippen molar-refractivity contribution in [3.8, 4) is 5.75 Å². The van der Waals surface area contributed by atoms with Crippen molar-refractivity contribution in [1.29, 1.82) is 0 Å². The number of amides is 2. The van der Waals surface area contributed by atoms with Crippen molar-refractivity contribution >= 4 is 11.7 Å². The minimum absolute atomic E-state index is 0.152. The second-order valence-corrected chi connectivity index (χ2v) is 5.80. The van der Waals surface area contributed by atoms with Gasteiger partial charge in [0.05, 0.1) is 6.61 Å². The summed E-state index contributed by atoms with van der Waals surface area (Å²) in [7, 11) is 0. The number of benzene rings is 1. The molecule has 0 aliphatic rings. The molecule has 0 saturated heterocycles. The predicted octanol–water partition coefficient (Wildman–Crippen LogP) is 3.25. The normalized spacial score (nSPS) is 12.0. The molecule has 0 spiro atoms. The lowest BCUT2D eigenvalue weighted by Gasteiger charge is -2.18. The molecule has 1 atom stereocenters. The van der Waals surface area contributed by atoms with Crippen LogP contribution in [0.5, 0.6) is 5.75 Å². The Bertz CT molecular complexity index is 432. The van der Waals surface area contributed by atoms with E-state index in [1.54, 1.807) is 0 Å². The Morgan fingerprint density at radius 1 is 1.27 bits per heavy atom. The fraction of sp³-hybridized carbons (Fsp3) is 0.588. The molecule has 0 aromatic heterocycles. The monoisotopic (exact) mass is 308 g/mol. The van der Waals surface area contributed by atoms with Crippen LogP contribution in [0.3, 0.4) is 0 Å². The Morgan fingerprint density at radius 3 is 2.50 bits per heavy atom. The smallest absolute Gasteiger partial charge is 0.319 e. The molecule has 0 radical (unpaired) electrons. The first-order chi connectivity index (χ1) is 10.5. The molecule has 2 amide bonds. The number of hydrogen-bond donors (Lipinski definition) is 3.